The smallest absolute Gasteiger partial charge is 0.408 e. The second kappa shape index (κ2) is 14.2. The molecule has 15 nitrogen and oxygen atoms in total. The number of amides is 4. The van der Waals surface area contributed by atoms with E-state index in [1.165, 1.54) is 23.4 Å². The van der Waals surface area contributed by atoms with Gasteiger partial charge in [0.1, 0.15) is 29.3 Å². The molecule has 2 aliphatic heterocycles. The van der Waals surface area contributed by atoms with Crippen LogP contribution in [0.1, 0.15) is 88.9 Å². The summed E-state index contributed by atoms with van der Waals surface area (Å²) in [6.07, 6.45) is 9.06. The van der Waals surface area contributed by atoms with Crippen LogP contribution in [-0.2, 0) is 33.9 Å². The Balaban J connectivity index is 1.27. The van der Waals surface area contributed by atoms with Crippen molar-refractivity contribution in [3.63, 3.8) is 0 Å². The van der Waals surface area contributed by atoms with E-state index in [0.29, 0.717) is 36.7 Å². The molecule has 1 aromatic carbocycles. The number of hydrogen-bond donors (Lipinski definition) is 3. The van der Waals surface area contributed by atoms with Crippen molar-refractivity contribution in [3.8, 4) is 0 Å². The van der Waals surface area contributed by atoms with Gasteiger partial charge in [0, 0.05) is 24.7 Å². The van der Waals surface area contributed by atoms with Gasteiger partial charge in [0.05, 0.1) is 28.4 Å². The van der Waals surface area contributed by atoms with Crippen LogP contribution in [0.3, 0.4) is 0 Å². The van der Waals surface area contributed by atoms with Crippen LogP contribution in [0.4, 0.5) is 4.79 Å². The number of hydrogen-bond acceptors (Lipinski definition) is 11. The summed E-state index contributed by atoms with van der Waals surface area (Å²) >= 11 is 0. The lowest BCUT2D eigenvalue weighted by Gasteiger charge is -2.30. The predicted molar refractivity (Wildman–Crippen MR) is 183 cm³/mol. The molecule has 3 fully saturated rings. The highest BCUT2D eigenvalue weighted by Gasteiger charge is 2.62. The van der Waals surface area contributed by atoms with Gasteiger partial charge in [0.15, 0.2) is 0 Å². The van der Waals surface area contributed by atoms with Crippen LogP contribution in [0, 0.1) is 5.92 Å². The van der Waals surface area contributed by atoms with Gasteiger partial charge in [-0.15, -0.1) is 0 Å². The number of nitrogens with one attached hydrogen (secondary N) is 3. The molecule has 1 saturated heterocycles. The molecule has 2 saturated carbocycles. The maximum absolute atomic E-state index is 14.3. The summed E-state index contributed by atoms with van der Waals surface area (Å²) in [5.41, 5.74) is -1.10. The Morgan fingerprint density at radius 1 is 1.02 bits per heavy atom. The number of ether oxygens (including phenoxy) is 2. The van der Waals surface area contributed by atoms with E-state index in [4.69, 9.17) is 9.47 Å². The number of benzene rings is 1. The largest absolute Gasteiger partial charge is 0.457 e. The lowest BCUT2D eigenvalue weighted by Crippen LogP contribution is -2.58. The van der Waals surface area contributed by atoms with Gasteiger partial charge in [-0.3, -0.25) is 29.1 Å². The summed E-state index contributed by atoms with van der Waals surface area (Å²) in [4.78, 5) is 78.0. The fraction of sp³-hybridized carbons (Fsp3) is 0.571. The van der Waals surface area contributed by atoms with Crippen LogP contribution in [0.5, 0.6) is 0 Å². The number of esters is 1. The molecule has 1 aromatic heterocycles. The van der Waals surface area contributed by atoms with Crippen molar-refractivity contribution >= 4 is 50.8 Å². The molecule has 0 spiro atoms. The molecule has 4 amide bonds. The number of carbonyl (C=O) groups is 5. The van der Waals surface area contributed by atoms with Gasteiger partial charge in [-0.25, -0.2) is 18.0 Å². The van der Waals surface area contributed by atoms with Crippen molar-refractivity contribution in [1.82, 2.24) is 30.2 Å². The number of fused-ring (bicyclic) bond motifs is 3. The summed E-state index contributed by atoms with van der Waals surface area (Å²) in [5.74, 6) is -3.26. The van der Waals surface area contributed by atoms with Gasteiger partial charge in [-0.2, -0.15) is 0 Å². The predicted octanol–water partition coefficient (Wildman–Crippen LogP) is 2.65. The number of aromatic nitrogens is 2. The Kier molecular flexibility index (Phi) is 10.1. The fourth-order valence-electron chi connectivity index (χ4n) is 6.61. The van der Waals surface area contributed by atoms with Crippen LogP contribution in [0.2, 0.25) is 0 Å². The van der Waals surface area contributed by atoms with E-state index in [1.807, 2.05) is 12.2 Å². The van der Waals surface area contributed by atoms with Crippen LogP contribution in [-0.4, -0.2) is 94.2 Å². The number of nitrogens with zero attached hydrogens (tertiary/aromatic N) is 3. The molecule has 51 heavy (non-hydrogen) atoms. The topological polar surface area (TPSA) is 203 Å². The normalized spacial score (nSPS) is 27.9. The van der Waals surface area contributed by atoms with Crippen molar-refractivity contribution in [2.45, 2.75) is 113 Å². The quantitative estimate of drug-likeness (QED) is 0.292. The molecular formula is C35H44N6O9S. The molecule has 5 unspecified atom stereocenters. The molecule has 274 valence electrons. The first-order chi connectivity index (χ1) is 24.1. The lowest BCUT2D eigenvalue weighted by atomic mass is 10.0. The highest BCUT2D eigenvalue weighted by Crippen LogP contribution is 2.46. The Labute approximate surface area is 296 Å². The van der Waals surface area contributed by atoms with Gasteiger partial charge < -0.3 is 25.0 Å². The SMILES string of the molecule is CC(C)(C)OC(=O)NC1CCCCC/C=C/C2CC2(C(=O)NS(=O)(=O)C2CC2)NC(=O)C2CC(OC(=O)c3ccc4nccnc4c3)CN2C1=O. The first kappa shape index (κ1) is 36.2. The highest BCUT2D eigenvalue weighted by molar-refractivity contribution is 7.91. The van der Waals surface area contributed by atoms with E-state index in [-0.39, 0.29) is 31.4 Å². The molecule has 3 heterocycles. The van der Waals surface area contributed by atoms with Crippen molar-refractivity contribution in [3.05, 3.63) is 48.3 Å². The molecule has 3 N–H and O–H groups in total. The van der Waals surface area contributed by atoms with Gasteiger partial charge in [0.25, 0.3) is 5.91 Å². The Hall–Kier alpha value is -4.60. The molecule has 2 aromatic rings. The Bertz CT molecular complexity index is 1860. The van der Waals surface area contributed by atoms with Crippen molar-refractivity contribution < 1.29 is 41.9 Å². The summed E-state index contributed by atoms with van der Waals surface area (Å²) in [6, 6.07) is 2.46. The molecule has 16 heteroatoms. The maximum Gasteiger partial charge on any atom is 0.408 e. The third-order valence-corrected chi connectivity index (χ3v) is 11.3. The lowest BCUT2D eigenvalue weighted by molar-refractivity contribution is -0.141. The zero-order valence-corrected chi connectivity index (χ0v) is 29.7. The molecule has 0 bridgehead atoms. The summed E-state index contributed by atoms with van der Waals surface area (Å²) in [6.45, 7) is 4.94. The highest BCUT2D eigenvalue weighted by atomic mass is 32.2. The van der Waals surface area contributed by atoms with E-state index in [1.54, 1.807) is 32.9 Å². The van der Waals surface area contributed by atoms with E-state index in [0.717, 1.165) is 12.8 Å². The second-order valence-corrected chi connectivity index (χ2v) is 16.7. The third-order valence-electron chi connectivity index (χ3n) is 9.51. The third kappa shape index (κ3) is 8.48. The standard InChI is InChI=1S/C35H44N6O9S/c1-34(2,3)50-33(46)38-26-10-8-6-4-5-7-9-22-19-35(22,32(45)40-51(47,48)24-12-13-24)39-29(42)28-18-23(20-41(28)30(26)43)49-31(44)21-11-14-25-27(17-21)37-16-15-36-25/h7,9,11,14-17,22-24,26,28H,4-6,8,10,12-13,18-20H2,1-3H3,(H,38,46)(H,39,42)(H,40,45)/b9-7+. The number of sulfonamides is 1. The molecule has 0 radical (unpaired) electrons. The average molecular weight is 725 g/mol. The van der Waals surface area contributed by atoms with Gasteiger partial charge >= 0.3 is 12.1 Å². The van der Waals surface area contributed by atoms with Crippen molar-refractivity contribution in [2.24, 2.45) is 5.92 Å². The minimum Gasteiger partial charge on any atom is -0.457 e. The monoisotopic (exact) mass is 724 g/mol. The van der Waals surface area contributed by atoms with E-state index in [2.05, 4.69) is 25.3 Å². The zero-order chi connectivity index (χ0) is 36.6. The van der Waals surface area contributed by atoms with E-state index in [9.17, 15) is 32.4 Å². The molecule has 6 rings (SSSR count). The Morgan fingerprint density at radius 3 is 2.49 bits per heavy atom. The summed E-state index contributed by atoms with van der Waals surface area (Å²) in [5, 5.41) is 4.83. The Morgan fingerprint density at radius 2 is 1.76 bits per heavy atom. The van der Waals surface area contributed by atoms with Gasteiger partial charge in [0.2, 0.25) is 21.8 Å². The average Bonchev–Trinajstić information content (AvgIpc) is 3.99. The van der Waals surface area contributed by atoms with Crippen LogP contribution >= 0.6 is 0 Å². The number of carbonyl (C=O) groups excluding carboxylic acids is 5. The number of alkyl carbamates (subject to hydrolysis) is 1. The van der Waals surface area contributed by atoms with Gasteiger partial charge in [-0.1, -0.05) is 25.0 Å². The van der Waals surface area contributed by atoms with E-state index >= 15 is 0 Å². The molecule has 2 aliphatic carbocycles. The number of rotatable bonds is 6. The minimum atomic E-state index is -3.91. The number of allylic oxidation sites excluding steroid dienone is 1. The zero-order valence-electron chi connectivity index (χ0n) is 28.9. The maximum atomic E-state index is 14.3. The fourth-order valence-corrected chi connectivity index (χ4v) is 7.97. The minimum absolute atomic E-state index is 0.103. The second-order valence-electron chi connectivity index (χ2n) is 14.7. The van der Waals surface area contributed by atoms with Crippen LogP contribution in [0.25, 0.3) is 11.0 Å². The molecule has 5 atom stereocenters. The van der Waals surface area contributed by atoms with Crippen molar-refractivity contribution in [2.75, 3.05) is 6.54 Å². The van der Waals surface area contributed by atoms with Crippen molar-refractivity contribution in [1.29, 1.82) is 0 Å². The summed E-state index contributed by atoms with van der Waals surface area (Å²) in [7, 11) is -3.91. The first-order valence-corrected chi connectivity index (χ1v) is 19.0. The van der Waals surface area contributed by atoms with Crippen LogP contribution in [0.15, 0.2) is 42.7 Å². The summed E-state index contributed by atoms with van der Waals surface area (Å²) < 4.78 is 38.9. The molecular weight excluding hydrogens is 680 g/mol. The first-order valence-electron chi connectivity index (χ1n) is 17.4. The van der Waals surface area contributed by atoms with E-state index < -0.39 is 80.3 Å². The van der Waals surface area contributed by atoms with Gasteiger partial charge in [-0.05, 0) is 77.5 Å². The molecule has 4 aliphatic rings. The van der Waals surface area contributed by atoms with Crippen LogP contribution < -0.4 is 15.4 Å².